The molecule has 0 N–H and O–H groups in total. The standard InChI is InChI=1S/C28H34FN5O/c1-20-5-8-24-25(31-20)27(2,3)19-34(24)26(35)33-15-11-28(12-16-33)9-13-32(14-10-28)18-21-6-7-22(29)23(17-21)30-4/h5-8,17H,9-16,18-19H2,1-3H3. The van der Waals surface area contributed by atoms with Crippen molar-refractivity contribution in [2.45, 2.75) is 58.4 Å². The normalized spacial score (nSPS) is 21.1. The molecule has 5 rings (SSSR count). The molecule has 0 atom stereocenters. The number of nitrogens with zero attached hydrogens (tertiary/aromatic N) is 5. The number of fused-ring (bicyclic) bond motifs is 1. The number of hydrogen-bond donors (Lipinski definition) is 0. The molecule has 0 unspecified atom stereocenters. The molecular formula is C28H34FN5O. The summed E-state index contributed by atoms with van der Waals surface area (Å²) in [6, 6.07) is 9.01. The highest BCUT2D eigenvalue weighted by Crippen LogP contribution is 2.43. The molecule has 2 aromatic rings. The molecule has 4 heterocycles. The monoisotopic (exact) mass is 475 g/mol. The van der Waals surface area contributed by atoms with Crippen LogP contribution in [0, 0.1) is 24.7 Å². The fourth-order valence-electron chi connectivity index (χ4n) is 6.02. The first-order chi connectivity index (χ1) is 16.7. The quantitative estimate of drug-likeness (QED) is 0.525. The highest BCUT2D eigenvalue weighted by Gasteiger charge is 2.43. The Morgan fingerprint density at radius 2 is 1.77 bits per heavy atom. The number of aryl methyl sites for hydroxylation is 1. The fraction of sp³-hybridized carbons (Fsp3) is 0.536. The lowest BCUT2D eigenvalue weighted by molar-refractivity contribution is 0.0433. The molecule has 0 aliphatic carbocycles. The van der Waals surface area contributed by atoms with Crippen molar-refractivity contribution in [2.75, 3.05) is 37.6 Å². The van der Waals surface area contributed by atoms with Crippen LogP contribution in [0.1, 0.15) is 56.5 Å². The van der Waals surface area contributed by atoms with E-state index in [0.717, 1.165) is 81.0 Å². The molecule has 6 nitrogen and oxygen atoms in total. The maximum atomic E-state index is 13.6. The van der Waals surface area contributed by atoms with Crippen molar-refractivity contribution in [1.29, 1.82) is 0 Å². The molecule has 1 spiro atoms. The molecule has 1 aromatic carbocycles. The predicted octanol–water partition coefficient (Wildman–Crippen LogP) is 5.68. The highest BCUT2D eigenvalue weighted by atomic mass is 19.1. The number of benzene rings is 1. The Bertz CT molecular complexity index is 1170. The van der Waals surface area contributed by atoms with Gasteiger partial charge in [0.1, 0.15) is 5.82 Å². The molecule has 1 aromatic heterocycles. The number of halogens is 1. The summed E-state index contributed by atoms with van der Waals surface area (Å²) in [4.78, 5) is 27.9. The number of pyridine rings is 1. The van der Waals surface area contributed by atoms with Crippen LogP contribution in [-0.4, -0.2) is 53.5 Å². The van der Waals surface area contributed by atoms with Crippen LogP contribution in [0.25, 0.3) is 4.85 Å². The Kier molecular flexibility index (Phi) is 6.04. The zero-order valence-electron chi connectivity index (χ0n) is 21.0. The molecule has 184 valence electrons. The Morgan fingerprint density at radius 3 is 2.46 bits per heavy atom. The van der Waals surface area contributed by atoms with Crippen LogP contribution in [0.4, 0.5) is 20.6 Å². The predicted molar refractivity (Wildman–Crippen MR) is 135 cm³/mol. The van der Waals surface area contributed by atoms with Crippen molar-refractivity contribution in [2.24, 2.45) is 5.41 Å². The van der Waals surface area contributed by atoms with Gasteiger partial charge in [0.15, 0.2) is 0 Å². The average Bonchev–Trinajstić information content (AvgIpc) is 3.12. The lowest BCUT2D eigenvalue weighted by atomic mass is 9.71. The number of piperidine rings is 2. The van der Waals surface area contributed by atoms with Crippen molar-refractivity contribution in [3.8, 4) is 0 Å². The molecular weight excluding hydrogens is 441 g/mol. The molecule has 2 saturated heterocycles. The van der Waals surface area contributed by atoms with E-state index in [1.165, 1.54) is 6.07 Å². The average molecular weight is 476 g/mol. The number of hydrogen-bond acceptors (Lipinski definition) is 3. The van der Waals surface area contributed by atoms with Crippen LogP contribution in [0.2, 0.25) is 0 Å². The number of likely N-dealkylation sites (tertiary alicyclic amines) is 2. The highest BCUT2D eigenvalue weighted by molar-refractivity contribution is 5.94. The largest absolute Gasteiger partial charge is 0.324 e. The van der Waals surface area contributed by atoms with E-state index in [9.17, 15) is 9.18 Å². The van der Waals surface area contributed by atoms with Crippen LogP contribution in [0.15, 0.2) is 30.3 Å². The van der Waals surface area contributed by atoms with Gasteiger partial charge in [-0.25, -0.2) is 14.0 Å². The van der Waals surface area contributed by atoms with Crippen molar-refractivity contribution < 1.29 is 9.18 Å². The number of aromatic nitrogens is 1. The molecule has 2 amide bonds. The first-order valence-corrected chi connectivity index (χ1v) is 12.6. The molecule has 3 aliphatic heterocycles. The Morgan fingerprint density at radius 1 is 1.09 bits per heavy atom. The van der Waals surface area contributed by atoms with E-state index >= 15 is 0 Å². The van der Waals surface area contributed by atoms with E-state index in [4.69, 9.17) is 11.6 Å². The van der Waals surface area contributed by atoms with Gasteiger partial charge in [0.05, 0.1) is 18.0 Å². The first-order valence-electron chi connectivity index (χ1n) is 12.6. The third-order valence-corrected chi connectivity index (χ3v) is 8.28. The third-order valence-electron chi connectivity index (χ3n) is 8.28. The second-order valence-corrected chi connectivity index (χ2v) is 11.2. The van der Waals surface area contributed by atoms with Gasteiger partial charge in [0.25, 0.3) is 0 Å². The van der Waals surface area contributed by atoms with Crippen LogP contribution >= 0.6 is 0 Å². The van der Waals surface area contributed by atoms with Gasteiger partial charge in [-0.15, -0.1) is 0 Å². The van der Waals surface area contributed by atoms with E-state index in [1.807, 2.05) is 28.9 Å². The minimum atomic E-state index is -0.449. The number of rotatable bonds is 2. The van der Waals surface area contributed by atoms with Crippen molar-refractivity contribution in [1.82, 2.24) is 14.8 Å². The molecule has 35 heavy (non-hydrogen) atoms. The van der Waals surface area contributed by atoms with E-state index in [0.29, 0.717) is 12.0 Å². The van der Waals surface area contributed by atoms with E-state index in [2.05, 4.69) is 23.6 Å². The second kappa shape index (κ2) is 8.91. The lowest BCUT2D eigenvalue weighted by Crippen LogP contribution is -2.51. The maximum Gasteiger partial charge on any atom is 0.324 e. The minimum absolute atomic E-state index is 0.1000. The van der Waals surface area contributed by atoms with Crippen LogP contribution in [0.3, 0.4) is 0 Å². The number of anilines is 1. The fourth-order valence-corrected chi connectivity index (χ4v) is 6.02. The molecule has 0 bridgehead atoms. The van der Waals surface area contributed by atoms with Crippen molar-refractivity contribution in [3.63, 3.8) is 0 Å². The van der Waals surface area contributed by atoms with E-state index < -0.39 is 5.82 Å². The minimum Gasteiger partial charge on any atom is -0.324 e. The number of urea groups is 1. The van der Waals surface area contributed by atoms with Gasteiger partial charge >= 0.3 is 6.03 Å². The number of carbonyl (C=O) groups is 1. The molecule has 7 heteroatoms. The van der Waals surface area contributed by atoms with Gasteiger partial charge in [0.2, 0.25) is 5.69 Å². The number of amides is 2. The van der Waals surface area contributed by atoms with Gasteiger partial charge in [-0.05, 0) is 80.9 Å². The second-order valence-electron chi connectivity index (χ2n) is 11.2. The smallest absolute Gasteiger partial charge is 0.324 e. The Balaban J connectivity index is 1.17. The molecule has 0 saturated carbocycles. The summed E-state index contributed by atoms with van der Waals surface area (Å²) in [5, 5.41) is 0. The topological polar surface area (TPSA) is 44.0 Å². The number of carbonyl (C=O) groups excluding carboxylic acids is 1. The molecule has 3 aliphatic rings. The summed E-state index contributed by atoms with van der Waals surface area (Å²) >= 11 is 0. The summed E-state index contributed by atoms with van der Waals surface area (Å²) in [7, 11) is 0. The van der Waals surface area contributed by atoms with E-state index in [1.54, 1.807) is 12.1 Å². The van der Waals surface area contributed by atoms with Gasteiger partial charge in [0, 0.05) is 37.3 Å². The van der Waals surface area contributed by atoms with Crippen molar-refractivity contribution in [3.05, 3.63) is 64.5 Å². The van der Waals surface area contributed by atoms with Gasteiger partial charge in [-0.2, -0.15) is 0 Å². The first kappa shape index (κ1) is 23.7. The Labute approximate surface area is 207 Å². The lowest BCUT2D eigenvalue weighted by Gasteiger charge is -2.47. The van der Waals surface area contributed by atoms with Crippen molar-refractivity contribution >= 4 is 17.4 Å². The summed E-state index contributed by atoms with van der Waals surface area (Å²) in [5.74, 6) is -0.449. The zero-order valence-corrected chi connectivity index (χ0v) is 21.0. The SMILES string of the molecule is [C-]#[N+]c1cc(CN2CCC3(CC2)CCN(C(=O)N2CC(C)(C)c4nc(C)ccc42)CC3)ccc1F. The molecule has 2 fully saturated rings. The summed E-state index contributed by atoms with van der Waals surface area (Å²) < 4.78 is 13.6. The van der Waals surface area contributed by atoms with E-state index in [-0.39, 0.29) is 17.1 Å². The van der Waals surface area contributed by atoms with Gasteiger partial charge in [-0.1, -0.05) is 19.9 Å². The summed E-state index contributed by atoms with van der Waals surface area (Å²) in [5.41, 5.74) is 4.23. The summed E-state index contributed by atoms with van der Waals surface area (Å²) in [6.07, 6.45) is 4.33. The zero-order chi connectivity index (χ0) is 24.8. The van der Waals surface area contributed by atoms with Crippen LogP contribution < -0.4 is 4.90 Å². The third kappa shape index (κ3) is 4.52. The summed E-state index contributed by atoms with van der Waals surface area (Å²) in [6.45, 7) is 18.5. The maximum absolute atomic E-state index is 13.6. The van der Waals surface area contributed by atoms with Crippen LogP contribution in [0.5, 0.6) is 0 Å². The Hall–Kier alpha value is -2.98. The molecule has 0 radical (unpaired) electrons. The van der Waals surface area contributed by atoms with Gasteiger partial charge < -0.3 is 4.90 Å². The van der Waals surface area contributed by atoms with Crippen LogP contribution in [-0.2, 0) is 12.0 Å². The van der Waals surface area contributed by atoms with Gasteiger partial charge in [-0.3, -0.25) is 14.8 Å².